The largest absolute Gasteiger partial charge is 0.271 e. The summed E-state index contributed by atoms with van der Waals surface area (Å²) in [6.07, 6.45) is 5.86. The Labute approximate surface area is 121 Å². The van der Waals surface area contributed by atoms with Crippen LogP contribution in [0.5, 0.6) is 0 Å². The van der Waals surface area contributed by atoms with Crippen LogP contribution in [0.4, 0.5) is 4.39 Å². The lowest BCUT2D eigenvalue weighted by atomic mass is 9.70. The number of hydrogen-bond donors (Lipinski definition) is 2. The normalized spacial score (nSPS) is 20.9. The van der Waals surface area contributed by atoms with Crippen molar-refractivity contribution in [2.45, 2.75) is 58.9 Å². The van der Waals surface area contributed by atoms with Gasteiger partial charge >= 0.3 is 0 Å². The van der Waals surface area contributed by atoms with Gasteiger partial charge in [-0.05, 0) is 73.6 Å². The van der Waals surface area contributed by atoms with Gasteiger partial charge in [-0.1, -0.05) is 19.9 Å². The Balaban J connectivity index is 2.02. The molecule has 112 valence electrons. The summed E-state index contributed by atoms with van der Waals surface area (Å²) in [4.78, 5) is 0. The molecule has 2 nitrogen and oxygen atoms in total. The maximum absolute atomic E-state index is 13.2. The van der Waals surface area contributed by atoms with Gasteiger partial charge in [-0.25, -0.2) is 4.39 Å². The van der Waals surface area contributed by atoms with E-state index in [1.807, 2.05) is 13.0 Å². The van der Waals surface area contributed by atoms with Crippen LogP contribution in [-0.4, -0.2) is 6.04 Å². The fourth-order valence-corrected chi connectivity index (χ4v) is 3.31. The molecule has 0 aliphatic heterocycles. The van der Waals surface area contributed by atoms with Crippen LogP contribution in [0.15, 0.2) is 18.2 Å². The van der Waals surface area contributed by atoms with Crippen molar-refractivity contribution in [3.63, 3.8) is 0 Å². The second kappa shape index (κ2) is 6.23. The van der Waals surface area contributed by atoms with Gasteiger partial charge in [0.05, 0.1) is 0 Å². The van der Waals surface area contributed by atoms with E-state index >= 15 is 0 Å². The first kappa shape index (κ1) is 15.5. The molecule has 1 atom stereocenters. The van der Waals surface area contributed by atoms with E-state index in [4.69, 9.17) is 5.84 Å². The summed E-state index contributed by atoms with van der Waals surface area (Å²) in [7, 11) is 0. The van der Waals surface area contributed by atoms with E-state index in [0.29, 0.717) is 11.3 Å². The predicted molar refractivity (Wildman–Crippen MR) is 81.7 cm³/mol. The van der Waals surface area contributed by atoms with Crippen molar-refractivity contribution in [2.24, 2.45) is 17.2 Å². The molecule has 1 saturated carbocycles. The van der Waals surface area contributed by atoms with Crippen molar-refractivity contribution in [3.05, 3.63) is 35.1 Å². The minimum atomic E-state index is -0.164. The molecule has 1 aliphatic carbocycles. The van der Waals surface area contributed by atoms with Gasteiger partial charge in [0.2, 0.25) is 0 Å². The first-order chi connectivity index (χ1) is 9.41. The number of hydrogen-bond acceptors (Lipinski definition) is 2. The van der Waals surface area contributed by atoms with Crippen LogP contribution >= 0.6 is 0 Å². The second-order valence-electron chi connectivity index (χ2n) is 7.05. The minimum absolute atomic E-state index is 0.164. The highest BCUT2D eigenvalue weighted by molar-refractivity contribution is 5.27. The molecule has 0 amide bonds. The first-order valence-electron chi connectivity index (χ1n) is 7.62. The molecule has 1 aromatic carbocycles. The molecule has 0 heterocycles. The molecule has 0 spiro atoms. The number of aryl methyl sites for hydroxylation is 1. The highest BCUT2D eigenvalue weighted by Crippen LogP contribution is 2.39. The summed E-state index contributed by atoms with van der Waals surface area (Å²) in [5.41, 5.74) is 5.68. The zero-order valence-corrected chi connectivity index (χ0v) is 12.9. The lowest BCUT2D eigenvalue weighted by molar-refractivity contribution is 0.161. The Morgan fingerprint density at radius 3 is 2.55 bits per heavy atom. The standard InChI is InChI=1S/C17H27FN2/c1-12-10-15(18)5-4-14(12)11-16(20-19)13-6-8-17(2,3)9-7-13/h4-5,10,13,16,20H,6-9,11,19H2,1-3H3. The van der Waals surface area contributed by atoms with Crippen LogP contribution in [-0.2, 0) is 6.42 Å². The molecule has 0 aromatic heterocycles. The highest BCUT2D eigenvalue weighted by atomic mass is 19.1. The monoisotopic (exact) mass is 278 g/mol. The Morgan fingerprint density at radius 2 is 2.00 bits per heavy atom. The Bertz CT molecular complexity index is 446. The van der Waals surface area contributed by atoms with Gasteiger partial charge in [-0.15, -0.1) is 0 Å². The topological polar surface area (TPSA) is 38.0 Å². The number of halogens is 1. The quantitative estimate of drug-likeness (QED) is 0.650. The number of benzene rings is 1. The van der Waals surface area contributed by atoms with E-state index < -0.39 is 0 Å². The first-order valence-corrected chi connectivity index (χ1v) is 7.62. The fourth-order valence-electron chi connectivity index (χ4n) is 3.31. The number of hydrazine groups is 1. The number of nitrogens with two attached hydrogens (primary N) is 1. The number of rotatable bonds is 4. The van der Waals surface area contributed by atoms with Crippen molar-refractivity contribution in [3.8, 4) is 0 Å². The van der Waals surface area contributed by atoms with Gasteiger partial charge < -0.3 is 0 Å². The van der Waals surface area contributed by atoms with Gasteiger partial charge in [0.25, 0.3) is 0 Å². The van der Waals surface area contributed by atoms with Gasteiger partial charge in [-0.3, -0.25) is 11.3 Å². The van der Waals surface area contributed by atoms with E-state index in [0.717, 1.165) is 12.0 Å². The SMILES string of the molecule is Cc1cc(F)ccc1CC(NN)C1CCC(C)(C)CC1. The fraction of sp³-hybridized carbons (Fsp3) is 0.647. The summed E-state index contributed by atoms with van der Waals surface area (Å²) in [6, 6.07) is 5.32. The summed E-state index contributed by atoms with van der Waals surface area (Å²) in [5, 5.41) is 0. The van der Waals surface area contributed by atoms with Crippen LogP contribution in [0, 0.1) is 24.1 Å². The average molecular weight is 278 g/mol. The zero-order chi connectivity index (χ0) is 14.8. The second-order valence-corrected chi connectivity index (χ2v) is 7.05. The van der Waals surface area contributed by atoms with E-state index in [9.17, 15) is 4.39 Å². The molecule has 1 fully saturated rings. The Hall–Kier alpha value is -0.930. The van der Waals surface area contributed by atoms with Crippen LogP contribution in [0.1, 0.15) is 50.7 Å². The lowest BCUT2D eigenvalue weighted by Crippen LogP contribution is -2.44. The van der Waals surface area contributed by atoms with Gasteiger partial charge in [0.1, 0.15) is 5.82 Å². The average Bonchev–Trinajstić information content (AvgIpc) is 2.39. The van der Waals surface area contributed by atoms with Crippen LogP contribution < -0.4 is 11.3 Å². The van der Waals surface area contributed by atoms with Crippen molar-refractivity contribution >= 4 is 0 Å². The molecule has 0 bridgehead atoms. The smallest absolute Gasteiger partial charge is 0.123 e. The minimum Gasteiger partial charge on any atom is -0.271 e. The van der Waals surface area contributed by atoms with Crippen molar-refractivity contribution in [1.29, 1.82) is 0 Å². The summed E-state index contributed by atoms with van der Waals surface area (Å²) in [6.45, 7) is 6.66. The third kappa shape index (κ3) is 3.80. The third-order valence-electron chi connectivity index (χ3n) is 4.91. The highest BCUT2D eigenvalue weighted by Gasteiger charge is 2.31. The lowest BCUT2D eigenvalue weighted by Gasteiger charge is -2.38. The zero-order valence-electron chi connectivity index (χ0n) is 12.9. The van der Waals surface area contributed by atoms with E-state index in [-0.39, 0.29) is 11.9 Å². The maximum Gasteiger partial charge on any atom is 0.123 e. The molecular formula is C17H27FN2. The summed E-state index contributed by atoms with van der Waals surface area (Å²) in [5.74, 6) is 6.23. The van der Waals surface area contributed by atoms with Crippen molar-refractivity contribution in [1.82, 2.24) is 5.43 Å². The molecule has 0 saturated heterocycles. The van der Waals surface area contributed by atoms with E-state index in [1.165, 1.54) is 31.2 Å². The Kier molecular flexibility index (Phi) is 4.82. The molecular weight excluding hydrogens is 251 g/mol. The molecule has 0 radical (unpaired) electrons. The van der Waals surface area contributed by atoms with Crippen LogP contribution in [0.2, 0.25) is 0 Å². The molecule has 3 N–H and O–H groups in total. The van der Waals surface area contributed by atoms with Crippen molar-refractivity contribution < 1.29 is 4.39 Å². The molecule has 2 rings (SSSR count). The van der Waals surface area contributed by atoms with E-state index in [1.54, 1.807) is 12.1 Å². The molecule has 1 aliphatic rings. The van der Waals surface area contributed by atoms with Gasteiger partial charge in [0.15, 0.2) is 0 Å². The van der Waals surface area contributed by atoms with Gasteiger partial charge in [-0.2, -0.15) is 0 Å². The summed E-state index contributed by atoms with van der Waals surface area (Å²) >= 11 is 0. The number of nitrogens with one attached hydrogen (secondary N) is 1. The van der Waals surface area contributed by atoms with Crippen LogP contribution in [0.25, 0.3) is 0 Å². The predicted octanol–water partition coefficient (Wildman–Crippen LogP) is 3.72. The molecule has 1 unspecified atom stereocenters. The van der Waals surface area contributed by atoms with E-state index in [2.05, 4.69) is 19.3 Å². The third-order valence-corrected chi connectivity index (χ3v) is 4.91. The molecule has 3 heteroatoms. The summed E-state index contributed by atoms with van der Waals surface area (Å²) < 4.78 is 13.2. The molecule has 1 aromatic rings. The Morgan fingerprint density at radius 1 is 1.35 bits per heavy atom. The molecule has 20 heavy (non-hydrogen) atoms. The van der Waals surface area contributed by atoms with Crippen molar-refractivity contribution in [2.75, 3.05) is 0 Å². The van der Waals surface area contributed by atoms with Crippen LogP contribution in [0.3, 0.4) is 0 Å². The maximum atomic E-state index is 13.2. The van der Waals surface area contributed by atoms with Gasteiger partial charge in [0, 0.05) is 6.04 Å².